The van der Waals surface area contributed by atoms with E-state index in [2.05, 4.69) is 89.3 Å². The summed E-state index contributed by atoms with van der Waals surface area (Å²) in [5.74, 6) is 2.18. The molecule has 8 heteroatoms. The molecule has 0 bridgehead atoms. The first-order valence-electron chi connectivity index (χ1n) is 15.1. The zero-order chi connectivity index (χ0) is 30.7. The van der Waals surface area contributed by atoms with Gasteiger partial charge in [-0.15, -0.1) is 0 Å². The summed E-state index contributed by atoms with van der Waals surface area (Å²) in [7, 11) is 3.89. The summed E-state index contributed by atoms with van der Waals surface area (Å²) in [6.07, 6.45) is 3.69. The van der Waals surface area contributed by atoms with Crippen molar-refractivity contribution < 1.29 is 9.53 Å². The summed E-state index contributed by atoms with van der Waals surface area (Å²) in [5.41, 5.74) is 4.70. The molecule has 1 aromatic heterocycles. The van der Waals surface area contributed by atoms with Gasteiger partial charge >= 0.3 is 6.09 Å². The minimum Gasteiger partial charge on any atom is -0.444 e. The van der Waals surface area contributed by atoms with Crippen LogP contribution in [-0.4, -0.2) is 66.8 Å². The summed E-state index contributed by atoms with van der Waals surface area (Å²) in [6.45, 7) is 16.4. The van der Waals surface area contributed by atoms with E-state index in [1.54, 1.807) is 11.9 Å². The highest BCUT2D eigenvalue weighted by atomic mass is 16.6. The number of ether oxygens (including phenoxy) is 1. The van der Waals surface area contributed by atoms with E-state index in [4.69, 9.17) is 4.74 Å². The van der Waals surface area contributed by atoms with Gasteiger partial charge in [0.15, 0.2) is 0 Å². The number of anilines is 3. The van der Waals surface area contributed by atoms with Gasteiger partial charge in [0, 0.05) is 64.3 Å². The van der Waals surface area contributed by atoms with Gasteiger partial charge in [0.25, 0.3) is 0 Å². The third kappa shape index (κ3) is 9.93. The molecule has 3 aromatic rings. The second-order valence-electron chi connectivity index (χ2n) is 11.9. The molecule has 2 aromatic carbocycles. The lowest BCUT2D eigenvalue weighted by Gasteiger charge is -2.25. The van der Waals surface area contributed by atoms with Gasteiger partial charge in [0.05, 0.1) is 0 Å². The monoisotopic (exact) mass is 574 g/mol. The second-order valence-corrected chi connectivity index (χ2v) is 11.9. The fourth-order valence-corrected chi connectivity index (χ4v) is 4.70. The van der Waals surface area contributed by atoms with Gasteiger partial charge in [0.2, 0.25) is 5.95 Å². The lowest BCUT2D eigenvalue weighted by molar-refractivity contribution is 0.0295. The molecule has 1 amide bonds. The minimum atomic E-state index is -0.434. The molecule has 0 saturated heterocycles. The zero-order valence-corrected chi connectivity index (χ0v) is 26.9. The SMILES string of the molecule is CC(CCN(C)C(=O)OC(C)(C)C)c1ccccc1.CCNc1ncc2c(n1)N(C)CCN(c1cccc(CC)c1)C2. The van der Waals surface area contributed by atoms with Crippen LogP contribution in [0.15, 0.2) is 60.8 Å². The van der Waals surface area contributed by atoms with Gasteiger partial charge < -0.3 is 24.8 Å². The number of fused-ring (bicyclic) bond motifs is 1. The van der Waals surface area contributed by atoms with E-state index < -0.39 is 5.60 Å². The Morgan fingerprint density at radius 1 is 1.10 bits per heavy atom. The number of likely N-dealkylation sites (N-methyl/N-ethyl adjacent to an activating group) is 1. The Bertz CT molecular complexity index is 1260. The van der Waals surface area contributed by atoms with E-state index in [0.29, 0.717) is 18.4 Å². The molecule has 42 heavy (non-hydrogen) atoms. The Hall–Kier alpha value is -3.81. The number of aromatic nitrogens is 2. The van der Waals surface area contributed by atoms with Gasteiger partial charge in [-0.3, -0.25) is 0 Å². The quantitative estimate of drug-likeness (QED) is 0.311. The summed E-state index contributed by atoms with van der Waals surface area (Å²) >= 11 is 0. The summed E-state index contributed by atoms with van der Waals surface area (Å²) in [5, 5.41) is 3.19. The molecular formula is C34H50N6O2. The highest BCUT2D eigenvalue weighted by Gasteiger charge is 2.21. The third-order valence-electron chi connectivity index (χ3n) is 7.26. The maximum Gasteiger partial charge on any atom is 0.410 e. The van der Waals surface area contributed by atoms with E-state index in [9.17, 15) is 4.79 Å². The highest BCUT2D eigenvalue weighted by molar-refractivity contribution is 5.67. The number of hydrogen-bond donors (Lipinski definition) is 1. The zero-order valence-electron chi connectivity index (χ0n) is 26.9. The van der Waals surface area contributed by atoms with E-state index in [0.717, 1.165) is 44.8 Å². The Balaban J connectivity index is 0.000000236. The molecule has 1 aliphatic rings. The molecule has 4 rings (SSSR count). The molecule has 1 aliphatic heterocycles. The molecule has 2 heterocycles. The first kappa shape index (κ1) is 32.7. The van der Waals surface area contributed by atoms with Crippen LogP contribution in [0.1, 0.15) is 70.6 Å². The lowest BCUT2D eigenvalue weighted by Crippen LogP contribution is -2.35. The molecule has 0 spiro atoms. The molecule has 0 saturated carbocycles. The topological polar surface area (TPSA) is 73.8 Å². The van der Waals surface area contributed by atoms with Crippen molar-refractivity contribution >= 4 is 23.5 Å². The number of hydrogen-bond acceptors (Lipinski definition) is 7. The Kier molecular flexibility index (Phi) is 12.0. The Labute approximate surface area is 253 Å². The molecule has 228 valence electrons. The Morgan fingerprint density at radius 2 is 1.83 bits per heavy atom. The summed E-state index contributed by atoms with van der Waals surface area (Å²) in [6, 6.07) is 19.2. The average Bonchev–Trinajstić information content (AvgIpc) is 3.14. The fourth-order valence-electron chi connectivity index (χ4n) is 4.70. The molecule has 0 aliphatic carbocycles. The number of rotatable bonds is 8. The number of nitrogens with one attached hydrogen (secondary N) is 1. The standard InChI is InChI=1S/C18H25N5.C16H25NO2/c1-4-14-7-6-8-16(11-14)23-10-9-22(3)17-15(13-23)12-20-18(21-17)19-5-2;1-13(14-9-7-6-8-10-14)11-12-17(5)15(18)19-16(2,3)4/h6-8,11-12H,4-5,9-10,13H2,1-3H3,(H,19,20,21);6-10,13H,11-12H2,1-5H3. The van der Waals surface area contributed by atoms with Crippen LogP contribution < -0.4 is 15.1 Å². The molecule has 1 unspecified atom stereocenters. The molecule has 0 fully saturated rings. The summed E-state index contributed by atoms with van der Waals surface area (Å²) in [4.78, 5) is 27.2. The van der Waals surface area contributed by atoms with Crippen LogP contribution >= 0.6 is 0 Å². The van der Waals surface area contributed by atoms with Crippen LogP contribution in [-0.2, 0) is 17.7 Å². The number of benzene rings is 2. The highest BCUT2D eigenvalue weighted by Crippen LogP contribution is 2.27. The van der Waals surface area contributed by atoms with E-state index in [1.807, 2.05) is 45.2 Å². The minimum absolute atomic E-state index is 0.257. The largest absolute Gasteiger partial charge is 0.444 e. The predicted octanol–water partition coefficient (Wildman–Crippen LogP) is 6.97. The number of amides is 1. The predicted molar refractivity (Wildman–Crippen MR) is 175 cm³/mol. The van der Waals surface area contributed by atoms with Crippen molar-refractivity contribution in [3.8, 4) is 0 Å². The fraction of sp³-hybridized carbons (Fsp3) is 0.500. The lowest BCUT2D eigenvalue weighted by atomic mass is 9.98. The van der Waals surface area contributed by atoms with Crippen LogP contribution in [0.3, 0.4) is 0 Å². The smallest absolute Gasteiger partial charge is 0.410 e. The Morgan fingerprint density at radius 3 is 2.50 bits per heavy atom. The van der Waals surface area contributed by atoms with E-state index in [-0.39, 0.29) is 6.09 Å². The van der Waals surface area contributed by atoms with Crippen LogP contribution in [0.2, 0.25) is 0 Å². The van der Waals surface area contributed by atoms with Crippen LogP contribution in [0.25, 0.3) is 0 Å². The van der Waals surface area contributed by atoms with E-state index >= 15 is 0 Å². The van der Waals surface area contributed by atoms with Crippen LogP contribution in [0.4, 0.5) is 22.2 Å². The van der Waals surface area contributed by atoms with Crippen molar-refractivity contribution in [2.24, 2.45) is 0 Å². The maximum absolute atomic E-state index is 11.8. The first-order chi connectivity index (χ1) is 20.0. The molecule has 0 radical (unpaired) electrons. The summed E-state index contributed by atoms with van der Waals surface area (Å²) < 4.78 is 5.32. The van der Waals surface area contributed by atoms with Gasteiger partial charge in [-0.2, -0.15) is 4.98 Å². The molecule has 1 N–H and O–H groups in total. The van der Waals surface area contributed by atoms with E-state index in [1.165, 1.54) is 22.4 Å². The molecule has 1 atom stereocenters. The van der Waals surface area contributed by atoms with Crippen molar-refractivity contribution in [2.75, 3.05) is 55.4 Å². The molecular weight excluding hydrogens is 524 g/mol. The normalized spacial score (nSPS) is 13.7. The first-order valence-corrected chi connectivity index (χ1v) is 15.1. The van der Waals surface area contributed by atoms with Crippen molar-refractivity contribution in [1.82, 2.24) is 14.9 Å². The van der Waals surface area contributed by atoms with Crippen molar-refractivity contribution in [3.63, 3.8) is 0 Å². The van der Waals surface area contributed by atoms with Crippen molar-refractivity contribution in [1.29, 1.82) is 0 Å². The van der Waals surface area contributed by atoms with Crippen LogP contribution in [0, 0.1) is 0 Å². The number of carbonyl (C=O) groups excluding carboxylic acids is 1. The van der Waals surface area contributed by atoms with Crippen molar-refractivity contribution in [2.45, 2.75) is 72.4 Å². The number of carbonyl (C=O) groups is 1. The number of aryl methyl sites for hydroxylation is 1. The van der Waals surface area contributed by atoms with Gasteiger partial charge in [0.1, 0.15) is 11.4 Å². The van der Waals surface area contributed by atoms with Crippen molar-refractivity contribution in [3.05, 3.63) is 77.5 Å². The average molecular weight is 575 g/mol. The maximum atomic E-state index is 11.8. The molecule has 8 nitrogen and oxygen atoms in total. The third-order valence-corrected chi connectivity index (χ3v) is 7.26. The second kappa shape index (κ2) is 15.4. The number of nitrogens with zero attached hydrogens (tertiary/aromatic N) is 5. The van der Waals surface area contributed by atoms with Crippen LogP contribution in [0.5, 0.6) is 0 Å². The van der Waals surface area contributed by atoms with Gasteiger partial charge in [-0.05, 0) is 69.7 Å². The van der Waals surface area contributed by atoms with Gasteiger partial charge in [-0.1, -0.05) is 56.3 Å². The van der Waals surface area contributed by atoms with Gasteiger partial charge in [-0.25, -0.2) is 9.78 Å².